The molecule has 9 heteroatoms. The fourth-order valence-corrected chi connectivity index (χ4v) is 5.55. The summed E-state index contributed by atoms with van der Waals surface area (Å²) in [5.41, 5.74) is 0.0402. The number of amides is 1. The molecule has 29 heavy (non-hydrogen) atoms. The maximum atomic E-state index is 12.9. The van der Waals surface area contributed by atoms with Gasteiger partial charge in [0.1, 0.15) is 4.90 Å². The summed E-state index contributed by atoms with van der Waals surface area (Å²) in [6.45, 7) is 8.00. The molecular formula is C20H29ClN2O5S. The van der Waals surface area contributed by atoms with Crippen molar-refractivity contribution in [2.24, 2.45) is 0 Å². The van der Waals surface area contributed by atoms with E-state index < -0.39 is 22.6 Å². The number of hydrogen-bond acceptors (Lipinski definition) is 5. The molecule has 0 N–H and O–H groups in total. The smallest absolute Gasteiger partial charge is 0.338 e. The normalized spacial score (nSPS) is 15.6. The monoisotopic (exact) mass is 444 g/mol. The van der Waals surface area contributed by atoms with Gasteiger partial charge in [-0.05, 0) is 58.7 Å². The Morgan fingerprint density at radius 3 is 2.24 bits per heavy atom. The van der Waals surface area contributed by atoms with Gasteiger partial charge in [0.15, 0.2) is 6.61 Å². The number of carbonyl (C=O) groups is 2. The zero-order chi connectivity index (χ0) is 21.8. The molecule has 0 spiro atoms. The van der Waals surface area contributed by atoms with E-state index in [9.17, 15) is 18.0 Å². The van der Waals surface area contributed by atoms with E-state index >= 15 is 0 Å². The van der Waals surface area contributed by atoms with Crippen molar-refractivity contribution in [1.82, 2.24) is 9.21 Å². The summed E-state index contributed by atoms with van der Waals surface area (Å²) < 4.78 is 32.4. The molecule has 0 bridgehead atoms. The van der Waals surface area contributed by atoms with Gasteiger partial charge in [-0.3, -0.25) is 4.79 Å². The quantitative estimate of drug-likeness (QED) is 0.602. The molecule has 2 rings (SSSR count). The van der Waals surface area contributed by atoms with E-state index in [2.05, 4.69) is 0 Å². The molecular weight excluding hydrogens is 416 g/mol. The van der Waals surface area contributed by atoms with Gasteiger partial charge < -0.3 is 9.64 Å². The standard InChI is InChI=1S/C20H29ClN2O5S/c1-14(2)23(15(3)4)19(24)13-28-20(25)16-8-9-17(21)18(12-16)29(26,27)22-10-6-5-7-11-22/h8-9,12,14-15H,5-7,10-11,13H2,1-4H3. The lowest BCUT2D eigenvalue weighted by atomic mass is 10.2. The number of ether oxygens (including phenoxy) is 1. The van der Waals surface area contributed by atoms with Crippen LogP contribution in [-0.2, 0) is 19.6 Å². The number of benzene rings is 1. The molecule has 0 atom stereocenters. The first kappa shape index (κ1) is 23.6. The second kappa shape index (κ2) is 9.91. The third-order valence-corrected chi connectivity index (χ3v) is 7.21. The van der Waals surface area contributed by atoms with Crippen LogP contribution in [0.15, 0.2) is 23.1 Å². The lowest BCUT2D eigenvalue weighted by Crippen LogP contribution is -2.44. The largest absolute Gasteiger partial charge is 0.452 e. The highest BCUT2D eigenvalue weighted by molar-refractivity contribution is 7.89. The van der Waals surface area contributed by atoms with Crippen molar-refractivity contribution in [3.63, 3.8) is 0 Å². The van der Waals surface area contributed by atoms with E-state index in [4.69, 9.17) is 16.3 Å². The average Bonchev–Trinajstić information content (AvgIpc) is 2.66. The number of carbonyl (C=O) groups excluding carboxylic acids is 2. The highest BCUT2D eigenvalue weighted by atomic mass is 35.5. The second-order valence-electron chi connectivity index (χ2n) is 7.67. The Labute approximate surface area is 178 Å². The zero-order valence-electron chi connectivity index (χ0n) is 17.4. The molecule has 7 nitrogen and oxygen atoms in total. The Balaban J connectivity index is 2.16. The maximum absolute atomic E-state index is 12.9. The molecule has 1 aliphatic heterocycles. The maximum Gasteiger partial charge on any atom is 0.338 e. The van der Waals surface area contributed by atoms with Crippen molar-refractivity contribution < 1.29 is 22.7 Å². The predicted molar refractivity (Wildman–Crippen MR) is 111 cm³/mol. The average molecular weight is 445 g/mol. The number of rotatable bonds is 7. The highest BCUT2D eigenvalue weighted by Crippen LogP contribution is 2.28. The Morgan fingerprint density at radius 1 is 1.10 bits per heavy atom. The van der Waals surface area contributed by atoms with Crippen LogP contribution in [0.2, 0.25) is 5.02 Å². The van der Waals surface area contributed by atoms with Crippen molar-refractivity contribution in [2.75, 3.05) is 19.7 Å². The van der Waals surface area contributed by atoms with Gasteiger partial charge in [-0.25, -0.2) is 13.2 Å². The van der Waals surface area contributed by atoms with Crippen molar-refractivity contribution >= 4 is 33.5 Å². The fourth-order valence-electron chi connectivity index (χ4n) is 3.53. The Morgan fingerprint density at radius 2 is 1.69 bits per heavy atom. The van der Waals surface area contributed by atoms with Crippen LogP contribution >= 0.6 is 11.6 Å². The van der Waals surface area contributed by atoms with Crippen LogP contribution in [0, 0.1) is 0 Å². The van der Waals surface area contributed by atoms with Gasteiger partial charge in [0, 0.05) is 25.2 Å². The number of piperidine rings is 1. The molecule has 1 aromatic rings. The summed E-state index contributed by atoms with van der Waals surface area (Å²) >= 11 is 6.12. The Bertz CT molecular complexity index is 840. The van der Waals surface area contributed by atoms with Crippen molar-refractivity contribution in [3.8, 4) is 0 Å². The van der Waals surface area contributed by atoms with Gasteiger partial charge in [0.05, 0.1) is 10.6 Å². The summed E-state index contributed by atoms with van der Waals surface area (Å²) in [6.07, 6.45) is 2.58. The third-order valence-electron chi connectivity index (χ3n) is 4.83. The van der Waals surface area contributed by atoms with Gasteiger partial charge in [0.25, 0.3) is 5.91 Å². The van der Waals surface area contributed by atoms with Gasteiger partial charge in [-0.15, -0.1) is 0 Å². The summed E-state index contributed by atoms with van der Waals surface area (Å²) in [5.74, 6) is -1.07. The van der Waals surface area contributed by atoms with Crippen molar-refractivity contribution in [3.05, 3.63) is 28.8 Å². The van der Waals surface area contributed by atoms with Crippen LogP contribution in [0.4, 0.5) is 0 Å². The van der Waals surface area contributed by atoms with E-state index in [0.717, 1.165) is 19.3 Å². The highest BCUT2D eigenvalue weighted by Gasteiger charge is 2.29. The number of halogens is 1. The molecule has 1 heterocycles. The number of nitrogens with zero attached hydrogens (tertiary/aromatic N) is 2. The fraction of sp³-hybridized carbons (Fsp3) is 0.600. The lowest BCUT2D eigenvalue weighted by molar-refractivity contribution is -0.138. The minimum atomic E-state index is -3.80. The minimum Gasteiger partial charge on any atom is -0.452 e. The molecule has 1 aliphatic rings. The molecule has 1 saturated heterocycles. The summed E-state index contributed by atoms with van der Waals surface area (Å²) in [7, 11) is -3.80. The van der Waals surface area contributed by atoms with Crippen LogP contribution in [-0.4, -0.2) is 61.3 Å². The van der Waals surface area contributed by atoms with Crippen LogP contribution < -0.4 is 0 Å². The molecule has 162 valence electrons. The van der Waals surface area contributed by atoms with Crippen LogP contribution in [0.25, 0.3) is 0 Å². The first-order valence-corrected chi connectivity index (χ1v) is 11.7. The molecule has 1 aromatic carbocycles. The Kier molecular flexibility index (Phi) is 8.08. The molecule has 0 aliphatic carbocycles. The van der Waals surface area contributed by atoms with E-state index in [-0.39, 0.29) is 33.5 Å². The van der Waals surface area contributed by atoms with Crippen LogP contribution in [0.1, 0.15) is 57.3 Å². The van der Waals surface area contributed by atoms with E-state index in [1.807, 2.05) is 27.7 Å². The third kappa shape index (κ3) is 5.71. The van der Waals surface area contributed by atoms with Crippen LogP contribution in [0.5, 0.6) is 0 Å². The predicted octanol–water partition coefficient (Wildman–Crippen LogP) is 3.32. The lowest BCUT2D eigenvalue weighted by Gasteiger charge is -2.30. The molecule has 0 aromatic heterocycles. The summed E-state index contributed by atoms with van der Waals surface area (Å²) in [5, 5.41) is 0.0500. The van der Waals surface area contributed by atoms with Crippen LogP contribution in [0.3, 0.4) is 0 Å². The number of sulfonamides is 1. The molecule has 0 saturated carbocycles. The first-order chi connectivity index (χ1) is 13.6. The van der Waals surface area contributed by atoms with Gasteiger partial charge in [-0.2, -0.15) is 4.31 Å². The second-order valence-corrected chi connectivity index (χ2v) is 9.99. The SMILES string of the molecule is CC(C)N(C(=O)COC(=O)c1ccc(Cl)c(S(=O)(=O)N2CCCCC2)c1)C(C)C. The molecule has 0 radical (unpaired) electrons. The van der Waals surface area contributed by atoms with Crippen molar-refractivity contribution in [1.29, 1.82) is 0 Å². The molecule has 1 amide bonds. The van der Waals surface area contributed by atoms with Crippen molar-refractivity contribution in [2.45, 2.75) is 63.9 Å². The number of hydrogen-bond donors (Lipinski definition) is 0. The van der Waals surface area contributed by atoms with Gasteiger partial charge in [0.2, 0.25) is 10.0 Å². The zero-order valence-corrected chi connectivity index (χ0v) is 18.9. The minimum absolute atomic E-state index is 0.0296. The topological polar surface area (TPSA) is 84.0 Å². The molecule has 1 fully saturated rings. The van der Waals surface area contributed by atoms with E-state index in [1.54, 1.807) is 4.90 Å². The Hall–Kier alpha value is -1.64. The number of esters is 1. The van der Waals surface area contributed by atoms with Gasteiger partial charge >= 0.3 is 5.97 Å². The first-order valence-electron chi connectivity index (χ1n) is 9.83. The summed E-state index contributed by atoms with van der Waals surface area (Å²) in [4.78, 5) is 26.3. The summed E-state index contributed by atoms with van der Waals surface area (Å²) in [6, 6.07) is 3.93. The van der Waals surface area contributed by atoms with E-state index in [0.29, 0.717) is 13.1 Å². The van der Waals surface area contributed by atoms with E-state index in [1.165, 1.54) is 22.5 Å². The van der Waals surface area contributed by atoms with Gasteiger partial charge in [-0.1, -0.05) is 18.0 Å². The molecule has 0 unspecified atom stereocenters.